The maximum Gasteiger partial charge on any atom is 0.234 e. The standard InChI is InChI=1S/C21H22Cl2N4OS2/c1-2-9-27-20(15-11-29-18-6-4-3-5-14(15)18)25-26-21(27)30-12-19(28)24-17-8-7-13(22)10-16(17)23/h7-8,10-11H,2-6,9,12H2,1H3,(H,24,28). The molecule has 0 unspecified atom stereocenters. The lowest BCUT2D eigenvalue weighted by Gasteiger charge is -2.13. The van der Waals surface area contributed by atoms with Crippen molar-refractivity contribution in [2.24, 2.45) is 0 Å². The summed E-state index contributed by atoms with van der Waals surface area (Å²) >= 11 is 15.3. The summed E-state index contributed by atoms with van der Waals surface area (Å²) in [6.45, 7) is 2.95. The lowest BCUT2D eigenvalue weighted by atomic mass is 9.95. The summed E-state index contributed by atoms with van der Waals surface area (Å²) in [6, 6.07) is 5.00. The van der Waals surface area contributed by atoms with E-state index >= 15 is 0 Å². The molecule has 0 radical (unpaired) electrons. The maximum absolute atomic E-state index is 12.4. The van der Waals surface area contributed by atoms with Crippen LogP contribution < -0.4 is 5.32 Å². The molecule has 1 aromatic carbocycles. The van der Waals surface area contributed by atoms with Crippen LogP contribution in [0.1, 0.15) is 36.6 Å². The second-order valence-corrected chi connectivity index (χ2v) is 9.93. The molecular weight excluding hydrogens is 459 g/mol. The van der Waals surface area contributed by atoms with Gasteiger partial charge in [-0.25, -0.2) is 0 Å². The van der Waals surface area contributed by atoms with Crippen molar-refractivity contribution in [3.05, 3.63) is 44.1 Å². The Morgan fingerprint density at radius 1 is 1.27 bits per heavy atom. The van der Waals surface area contributed by atoms with Crippen LogP contribution in [-0.2, 0) is 24.2 Å². The number of benzene rings is 1. The van der Waals surface area contributed by atoms with Crippen LogP contribution >= 0.6 is 46.3 Å². The number of carbonyl (C=O) groups excluding carboxylic acids is 1. The van der Waals surface area contributed by atoms with Gasteiger partial charge in [0.2, 0.25) is 5.91 Å². The van der Waals surface area contributed by atoms with E-state index in [4.69, 9.17) is 23.2 Å². The van der Waals surface area contributed by atoms with Crippen molar-refractivity contribution in [3.63, 3.8) is 0 Å². The minimum absolute atomic E-state index is 0.148. The number of nitrogens with zero attached hydrogens (tertiary/aromatic N) is 3. The molecule has 0 atom stereocenters. The van der Waals surface area contributed by atoms with E-state index in [1.54, 1.807) is 18.2 Å². The Labute approximate surface area is 194 Å². The SMILES string of the molecule is CCCn1c(SCC(=O)Nc2ccc(Cl)cc2Cl)nnc1-c1csc2c1CCCC2. The molecule has 0 saturated carbocycles. The Bertz CT molecular complexity index is 1060. The van der Waals surface area contributed by atoms with E-state index in [-0.39, 0.29) is 11.7 Å². The fourth-order valence-corrected chi connectivity index (χ4v) is 5.95. The van der Waals surface area contributed by atoms with Crippen LogP contribution in [0.5, 0.6) is 0 Å². The topological polar surface area (TPSA) is 59.8 Å². The van der Waals surface area contributed by atoms with Gasteiger partial charge in [-0.2, -0.15) is 0 Å². The zero-order chi connectivity index (χ0) is 21.1. The zero-order valence-electron chi connectivity index (χ0n) is 16.6. The monoisotopic (exact) mass is 480 g/mol. The van der Waals surface area contributed by atoms with Crippen LogP contribution in [0.4, 0.5) is 5.69 Å². The number of rotatable bonds is 7. The van der Waals surface area contributed by atoms with Gasteiger partial charge in [-0.1, -0.05) is 41.9 Å². The highest BCUT2D eigenvalue weighted by atomic mass is 35.5. The van der Waals surface area contributed by atoms with Gasteiger partial charge in [0.1, 0.15) is 0 Å². The highest BCUT2D eigenvalue weighted by Crippen LogP contribution is 2.37. The highest BCUT2D eigenvalue weighted by Gasteiger charge is 2.22. The Hall–Kier alpha value is -1.54. The highest BCUT2D eigenvalue weighted by molar-refractivity contribution is 7.99. The molecule has 1 aliphatic carbocycles. The van der Waals surface area contributed by atoms with Gasteiger partial charge in [0.05, 0.1) is 16.5 Å². The van der Waals surface area contributed by atoms with E-state index in [0.29, 0.717) is 15.7 Å². The van der Waals surface area contributed by atoms with Gasteiger partial charge in [0.25, 0.3) is 0 Å². The minimum Gasteiger partial charge on any atom is -0.324 e. The second-order valence-electron chi connectivity index (χ2n) is 7.18. The molecule has 0 spiro atoms. The Morgan fingerprint density at radius 2 is 2.10 bits per heavy atom. The van der Waals surface area contributed by atoms with E-state index in [9.17, 15) is 4.79 Å². The molecular formula is C21H22Cl2N4OS2. The quantitative estimate of drug-likeness (QED) is 0.401. The number of fused-ring (bicyclic) bond motifs is 1. The van der Waals surface area contributed by atoms with Crippen molar-refractivity contribution < 1.29 is 4.79 Å². The molecule has 9 heteroatoms. The van der Waals surface area contributed by atoms with Gasteiger partial charge >= 0.3 is 0 Å². The number of amides is 1. The van der Waals surface area contributed by atoms with Crippen molar-refractivity contribution in [2.45, 2.75) is 50.7 Å². The number of aromatic nitrogens is 3. The molecule has 1 amide bonds. The summed E-state index contributed by atoms with van der Waals surface area (Å²) < 4.78 is 2.14. The molecule has 2 aromatic heterocycles. The molecule has 30 heavy (non-hydrogen) atoms. The first-order valence-corrected chi connectivity index (χ1v) is 12.6. The fraction of sp³-hybridized carbons (Fsp3) is 0.381. The molecule has 5 nitrogen and oxygen atoms in total. The predicted octanol–water partition coefficient (Wildman–Crippen LogP) is 6.33. The number of anilines is 1. The second kappa shape index (κ2) is 9.73. The first-order valence-electron chi connectivity index (χ1n) is 9.97. The van der Waals surface area contributed by atoms with Crippen LogP contribution in [0.15, 0.2) is 28.7 Å². The van der Waals surface area contributed by atoms with Crippen molar-refractivity contribution >= 4 is 57.9 Å². The molecule has 0 fully saturated rings. The lowest BCUT2D eigenvalue weighted by Crippen LogP contribution is -2.15. The van der Waals surface area contributed by atoms with E-state index in [1.807, 2.05) is 11.3 Å². The Balaban J connectivity index is 1.49. The summed E-state index contributed by atoms with van der Waals surface area (Å²) in [5.41, 5.74) is 3.19. The molecule has 2 heterocycles. The third-order valence-electron chi connectivity index (χ3n) is 5.00. The fourth-order valence-electron chi connectivity index (χ4n) is 3.61. The average Bonchev–Trinajstić information content (AvgIpc) is 3.33. The van der Waals surface area contributed by atoms with Crippen LogP contribution in [-0.4, -0.2) is 26.4 Å². The average molecular weight is 481 g/mol. The first-order chi connectivity index (χ1) is 14.6. The van der Waals surface area contributed by atoms with Crippen molar-refractivity contribution in [3.8, 4) is 11.4 Å². The zero-order valence-corrected chi connectivity index (χ0v) is 19.7. The summed E-state index contributed by atoms with van der Waals surface area (Å²) in [5, 5.41) is 15.7. The van der Waals surface area contributed by atoms with E-state index in [1.165, 1.54) is 40.6 Å². The molecule has 3 aromatic rings. The van der Waals surface area contributed by atoms with Gasteiger partial charge < -0.3 is 9.88 Å². The van der Waals surface area contributed by atoms with Crippen LogP contribution in [0.3, 0.4) is 0 Å². The lowest BCUT2D eigenvalue weighted by molar-refractivity contribution is -0.113. The van der Waals surface area contributed by atoms with Crippen molar-refractivity contribution in [1.82, 2.24) is 14.8 Å². The number of carbonyl (C=O) groups is 1. The minimum atomic E-state index is -0.148. The number of hydrogen-bond donors (Lipinski definition) is 1. The number of thioether (sulfide) groups is 1. The third-order valence-corrected chi connectivity index (χ3v) is 7.61. The van der Waals surface area contributed by atoms with Crippen LogP contribution in [0.25, 0.3) is 11.4 Å². The molecule has 4 rings (SSSR count). The van der Waals surface area contributed by atoms with Gasteiger partial charge in [0.15, 0.2) is 11.0 Å². The van der Waals surface area contributed by atoms with Crippen LogP contribution in [0.2, 0.25) is 10.0 Å². The summed E-state index contributed by atoms with van der Waals surface area (Å²) in [5.74, 6) is 0.993. The Morgan fingerprint density at radius 3 is 2.90 bits per heavy atom. The molecule has 158 valence electrons. The summed E-state index contributed by atoms with van der Waals surface area (Å²) in [6.07, 6.45) is 5.74. The normalized spacial score (nSPS) is 13.3. The molecule has 1 aliphatic rings. The third kappa shape index (κ3) is 4.69. The smallest absolute Gasteiger partial charge is 0.234 e. The van der Waals surface area contributed by atoms with E-state index in [0.717, 1.165) is 36.8 Å². The summed E-state index contributed by atoms with van der Waals surface area (Å²) in [4.78, 5) is 13.9. The molecule has 0 aliphatic heterocycles. The molecule has 0 saturated heterocycles. The van der Waals surface area contributed by atoms with Gasteiger partial charge in [-0.3, -0.25) is 4.79 Å². The van der Waals surface area contributed by atoms with Crippen molar-refractivity contribution in [2.75, 3.05) is 11.1 Å². The number of aryl methyl sites for hydroxylation is 1. The predicted molar refractivity (Wildman–Crippen MR) is 126 cm³/mol. The molecule has 0 bridgehead atoms. The maximum atomic E-state index is 12.4. The number of halogens is 2. The van der Waals surface area contributed by atoms with Gasteiger partial charge in [0, 0.05) is 27.4 Å². The van der Waals surface area contributed by atoms with E-state index in [2.05, 4.69) is 32.4 Å². The van der Waals surface area contributed by atoms with Gasteiger partial charge in [-0.15, -0.1) is 21.5 Å². The molecule has 1 N–H and O–H groups in total. The van der Waals surface area contributed by atoms with Gasteiger partial charge in [-0.05, 0) is 55.9 Å². The first kappa shape index (κ1) is 21.7. The largest absolute Gasteiger partial charge is 0.324 e. The number of hydrogen-bond acceptors (Lipinski definition) is 5. The van der Waals surface area contributed by atoms with Crippen LogP contribution in [0, 0.1) is 0 Å². The summed E-state index contributed by atoms with van der Waals surface area (Å²) in [7, 11) is 0. The number of thiophene rings is 1. The van der Waals surface area contributed by atoms with E-state index < -0.39 is 0 Å². The number of nitrogens with one attached hydrogen (secondary N) is 1. The van der Waals surface area contributed by atoms with Crippen molar-refractivity contribution in [1.29, 1.82) is 0 Å². The Kier molecular flexibility index (Phi) is 7.03.